The second-order valence-electron chi connectivity index (χ2n) is 5.81. The van der Waals surface area contributed by atoms with Gasteiger partial charge >= 0.3 is 0 Å². The third-order valence-electron chi connectivity index (χ3n) is 3.52. The molecule has 0 saturated heterocycles. The van der Waals surface area contributed by atoms with Gasteiger partial charge in [0.25, 0.3) is 17.5 Å². The minimum Gasteiger partial charge on any atom is -0.491 e. The highest BCUT2D eigenvalue weighted by atomic mass is 16.6. The predicted molar refractivity (Wildman–Crippen MR) is 95.0 cm³/mol. The lowest BCUT2D eigenvalue weighted by molar-refractivity contribution is -0.385. The fourth-order valence-electron chi connectivity index (χ4n) is 2.28. The summed E-state index contributed by atoms with van der Waals surface area (Å²) in [6.07, 6.45) is 0.0205. The van der Waals surface area contributed by atoms with Crippen molar-refractivity contribution < 1.29 is 19.2 Å². The SMILES string of the molecule is Cc1c(C(=O)NNC(=O)c2ccc(OC(C)C)cc2)cccc1[N+](=O)[O-]. The highest BCUT2D eigenvalue weighted by Gasteiger charge is 2.18. The molecule has 2 N–H and O–H groups in total. The molecule has 0 aliphatic rings. The van der Waals surface area contributed by atoms with Crippen molar-refractivity contribution in [2.24, 2.45) is 0 Å². The lowest BCUT2D eigenvalue weighted by Gasteiger charge is -2.11. The molecule has 2 aromatic carbocycles. The zero-order chi connectivity index (χ0) is 19.3. The Morgan fingerprint density at radius 2 is 1.65 bits per heavy atom. The van der Waals surface area contributed by atoms with E-state index in [2.05, 4.69) is 10.9 Å². The number of nitro groups is 1. The molecule has 0 spiro atoms. The molecular formula is C18H19N3O5. The van der Waals surface area contributed by atoms with Gasteiger partial charge in [0.05, 0.1) is 16.6 Å². The van der Waals surface area contributed by atoms with E-state index in [-0.39, 0.29) is 22.9 Å². The molecule has 0 heterocycles. The summed E-state index contributed by atoms with van der Waals surface area (Å²) in [5.74, 6) is -0.523. The summed E-state index contributed by atoms with van der Waals surface area (Å²) in [4.78, 5) is 34.7. The molecule has 8 nitrogen and oxygen atoms in total. The molecule has 0 atom stereocenters. The number of nitrogens with zero attached hydrogens (tertiary/aromatic N) is 1. The minimum atomic E-state index is -0.640. The van der Waals surface area contributed by atoms with Crippen molar-refractivity contribution in [1.82, 2.24) is 10.9 Å². The molecule has 0 fully saturated rings. The first-order valence-corrected chi connectivity index (χ1v) is 7.91. The number of nitrogens with one attached hydrogen (secondary N) is 2. The number of amides is 2. The van der Waals surface area contributed by atoms with Crippen LogP contribution in [-0.2, 0) is 0 Å². The zero-order valence-electron chi connectivity index (χ0n) is 14.6. The molecule has 0 aliphatic carbocycles. The van der Waals surface area contributed by atoms with Crippen molar-refractivity contribution in [1.29, 1.82) is 0 Å². The molecule has 2 aromatic rings. The Morgan fingerprint density at radius 3 is 2.23 bits per heavy atom. The number of rotatable bonds is 5. The van der Waals surface area contributed by atoms with E-state index >= 15 is 0 Å². The number of hydrogen-bond acceptors (Lipinski definition) is 5. The Kier molecular flexibility index (Phi) is 5.90. The van der Waals surface area contributed by atoms with Crippen LogP contribution in [0.1, 0.15) is 40.1 Å². The summed E-state index contributed by atoms with van der Waals surface area (Å²) in [6.45, 7) is 5.26. The van der Waals surface area contributed by atoms with Crippen LogP contribution in [-0.4, -0.2) is 22.8 Å². The maximum absolute atomic E-state index is 12.2. The molecular weight excluding hydrogens is 338 g/mol. The van der Waals surface area contributed by atoms with Gasteiger partial charge in [-0.15, -0.1) is 0 Å². The van der Waals surface area contributed by atoms with E-state index < -0.39 is 16.7 Å². The van der Waals surface area contributed by atoms with E-state index in [9.17, 15) is 19.7 Å². The van der Waals surface area contributed by atoms with Gasteiger partial charge in [0.2, 0.25) is 0 Å². The monoisotopic (exact) mass is 357 g/mol. The molecule has 0 bridgehead atoms. The van der Waals surface area contributed by atoms with Crippen molar-refractivity contribution >= 4 is 17.5 Å². The Bertz CT molecular complexity index is 831. The van der Waals surface area contributed by atoms with Crippen LogP contribution in [0.3, 0.4) is 0 Å². The van der Waals surface area contributed by atoms with Gasteiger partial charge in [-0.1, -0.05) is 6.07 Å². The van der Waals surface area contributed by atoms with Gasteiger partial charge in [-0.2, -0.15) is 0 Å². The van der Waals surface area contributed by atoms with Crippen LogP contribution in [0.15, 0.2) is 42.5 Å². The lowest BCUT2D eigenvalue weighted by Crippen LogP contribution is -2.41. The molecule has 2 amide bonds. The molecule has 0 aromatic heterocycles. The Hall–Kier alpha value is -3.42. The van der Waals surface area contributed by atoms with Crippen molar-refractivity contribution in [2.75, 3.05) is 0 Å². The van der Waals surface area contributed by atoms with Crippen LogP contribution in [0.4, 0.5) is 5.69 Å². The number of carbonyl (C=O) groups is 2. The van der Waals surface area contributed by atoms with E-state index in [0.717, 1.165) is 0 Å². The summed E-state index contributed by atoms with van der Waals surface area (Å²) in [5, 5.41) is 10.9. The molecule has 0 radical (unpaired) electrons. The maximum Gasteiger partial charge on any atom is 0.273 e. The number of hydrazine groups is 1. The number of hydrogen-bond donors (Lipinski definition) is 2. The van der Waals surface area contributed by atoms with Crippen LogP contribution >= 0.6 is 0 Å². The molecule has 8 heteroatoms. The number of ether oxygens (including phenoxy) is 1. The fourth-order valence-corrected chi connectivity index (χ4v) is 2.28. The first kappa shape index (κ1) is 18.9. The maximum atomic E-state index is 12.2. The molecule has 0 saturated carbocycles. The van der Waals surface area contributed by atoms with Crippen LogP contribution in [0, 0.1) is 17.0 Å². The van der Waals surface area contributed by atoms with Crippen molar-refractivity contribution in [2.45, 2.75) is 26.9 Å². The summed E-state index contributed by atoms with van der Waals surface area (Å²) in [5.41, 5.74) is 5.04. The largest absolute Gasteiger partial charge is 0.491 e. The van der Waals surface area contributed by atoms with E-state index in [1.807, 2.05) is 13.8 Å². The standard InChI is InChI=1S/C18H19N3O5/c1-11(2)26-14-9-7-13(8-10-14)17(22)19-20-18(23)15-5-4-6-16(12(15)3)21(24)25/h4-11H,1-3H3,(H,19,22)(H,20,23). The van der Waals surface area contributed by atoms with Crippen LogP contribution in [0.25, 0.3) is 0 Å². The van der Waals surface area contributed by atoms with E-state index in [4.69, 9.17) is 4.74 Å². The van der Waals surface area contributed by atoms with Gasteiger partial charge in [-0.25, -0.2) is 0 Å². The number of nitro benzene ring substituents is 1. The average molecular weight is 357 g/mol. The first-order valence-electron chi connectivity index (χ1n) is 7.91. The van der Waals surface area contributed by atoms with Crippen molar-refractivity contribution in [3.05, 3.63) is 69.3 Å². The van der Waals surface area contributed by atoms with E-state index in [0.29, 0.717) is 11.3 Å². The van der Waals surface area contributed by atoms with Gasteiger partial charge in [0.15, 0.2) is 0 Å². The van der Waals surface area contributed by atoms with Crippen LogP contribution in [0.2, 0.25) is 0 Å². The average Bonchev–Trinajstić information content (AvgIpc) is 2.59. The summed E-state index contributed by atoms with van der Waals surface area (Å²) < 4.78 is 5.49. The summed E-state index contributed by atoms with van der Waals surface area (Å²) in [6, 6.07) is 10.6. The van der Waals surface area contributed by atoms with Gasteiger partial charge < -0.3 is 4.74 Å². The predicted octanol–water partition coefficient (Wildman–Crippen LogP) is 2.77. The van der Waals surface area contributed by atoms with E-state index in [1.165, 1.54) is 25.1 Å². The second-order valence-corrected chi connectivity index (χ2v) is 5.81. The molecule has 0 unspecified atom stereocenters. The number of benzene rings is 2. The quantitative estimate of drug-likeness (QED) is 0.631. The summed E-state index contributed by atoms with van der Waals surface area (Å²) >= 11 is 0. The third kappa shape index (κ3) is 4.56. The van der Waals surface area contributed by atoms with Gasteiger partial charge in [-0.05, 0) is 51.1 Å². The number of carbonyl (C=O) groups excluding carboxylic acids is 2. The zero-order valence-corrected chi connectivity index (χ0v) is 14.6. The fraction of sp³-hybridized carbons (Fsp3) is 0.222. The Morgan fingerprint density at radius 1 is 1.04 bits per heavy atom. The third-order valence-corrected chi connectivity index (χ3v) is 3.52. The molecule has 2 rings (SSSR count). The first-order chi connectivity index (χ1) is 12.3. The van der Waals surface area contributed by atoms with Gasteiger partial charge in [-0.3, -0.25) is 30.6 Å². The highest BCUT2D eigenvalue weighted by molar-refractivity contribution is 6.00. The van der Waals surface area contributed by atoms with Gasteiger partial charge in [0, 0.05) is 17.2 Å². The normalized spacial score (nSPS) is 10.3. The van der Waals surface area contributed by atoms with Crippen LogP contribution in [0.5, 0.6) is 5.75 Å². The van der Waals surface area contributed by atoms with Crippen molar-refractivity contribution in [3.63, 3.8) is 0 Å². The van der Waals surface area contributed by atoms with Crippen molar-refractivity contribution in [3.8, 4) is 5.75 Å². The topological polar surface area (TPSA) is 111 Å². The van der Waals surface area contributed by atoms with Gasteiger partial charge in [0.1, 0.15) is 5.75 Å². The lowest BCUT2D eigenvalue weighted by atomic mass is 10.1. The second kappa shape index (κ2) is 8.11. The summed E-state index contributed by atoms with van der Waals surface area (Å²) in [7, 11) is 0. The molecule has 136 valence electrons. The Balaban J connectivity index is 2.02. The molecule has 0 aliphatic heterocycles. The minimum absolute atomic E-state index is 0.0205. The van der Waals surface area contributed by atoms with E-state index in [1.54, 1.807) is 24.3 Å². The molecule has 26 heavy (non-hydrogen) atoms. The smallest absolute Gasteiger partial charge is 0.273 e. The Labute approximate surface area is 150 Å². The highest BCUT2D eigenvalue weighted by Crippen LogP contribution is 2.20. The van der Waals surface area contributed by atoms with Crippen LogP contribution < -0.4 is 15.6 Å².